The van der Waals surface area contributed by atoms with Crippen molar-refractivity contribution in [2.75, 3.05) is 6.61 Å². The second-order valence-corrected chi connectivity index (χ2v) is 11.4. The molecule has 0 heterocycles. The van der Waals surface area contributed by atoms with Gasteiger partial charge in [-0.3, -0.25) is 0 Å². The third-order valence-corrected chi connectivity index (χ3v) is 8.62. The predicted octanol–water partition coefficient (Wildman–Crippen LogP) is 9.53. The van der Waals surface area contributed by atoms with Crippen LogP contribution in [0.3, 0.4) is 0 Å². The minimum atomic E-state index is -0.177. The average Bonchev–Trinajstić information content (AvgIpc) is 2.89. The highest BCUT2D eigenvalue weighted by Crippen LogP contribution is 2.41. The highest BCUT2D eigenvalue weighted by atomic mass is 16.5. The van der Waals surface area contributed by atoms with Gasteiger partial charge in [-0.15, -0.1) is 0 Å². The van der Waals surface area contributed by atoms with Crippen molar-refractivity contribution >= 4 is 5.97 Å². The number of hydrogen-bond donors (Lipinski definition) is 0. The number of unbranched alkanes of at least 4 members (excludes halogenated alkanes) is 7. The molecule has 0 amide bonds. The summed E-state index contributed by atoms with van der Waals surface area (Å²) in [6.07, 6.45) is 23.6. The predicted molar refractivity (Wildman–Crippen MR) is 146 cm³/mol. The van der Waals surface area contributed by atoms with E-state index in [9.17, 15) is 4.79 Å². The summed E-state index contributed by atoms with van der Waals surface area (Å²) in [4.78, 5) is 12.7. The average molecular weight is 485 g/mol. The maximum atomic E-state index is 12.7. The number of benzene rings is 1. The van der Waals surface area contributed by atoms with E-state index >= 15 is 0 Å². The van der Waals surface area contributed by atoms with Crippen molar-refractivity contribution in [1.82, 2.24) is 0 Å². The third-order valence-electron chi connectivity index (χ3n) is 8.62. The van der Waals surface area contributed by atoms with E-state index in [1.807, 2.05) is 24.3 Å². The van der Waals surface area contributed by atoms with E-state index in [0.717, 1.165) is 49.4 Å². The van der Waals surface area contributed by atoms with Crippen molar-refractivity contribution in [3.8, 4) is 5.75 Å². The van der Waals surface area contributed by atoms with Crippen molar-refractivity contribution in [3.05, 3.63) is 29.8 Å². The number of hydrogen-bond acceptors (Lipinski definition) is 3. The normalized spacial score (nSPS) is 24.7. The van der Waals surface area contributed by atoms with Crippen LogP contribution in [0.4, 0.5) is 0 Å². The summed E-state index contributed by atoms with van der Waals surface area (Å²) >= 11 is 0. The van der Waals surface area contributed by atoms with E-state index in [0.29, 0.717) is 5.56 Å². The van der Waals surface area contributed by atoms with Crippen molar-refractivity contribution in [3.63, 3.8) is 0 Å². The lowest BCUT2D eigenvalue weighted by atomic mass is 9.70. The van der Waals surface area contributed by atoms with Gasteiger partial charge in [0.2, 0.25) is 0 Å². The molecule has 2 saturated carbocycles. The van der Waals surface area contributed by atoms with E-state index in [-0.39, 0.29) is 12.1 Å². The molecule has 0 saturated heterocycles. The van der Waals surface area contributed by atoms with Crippen LogP contribution in [0.15, 0.2) is 24.3 Å². The summed E-state index contributed by atoms with van der Waals surface area (Å²) in [5.41, 5.74) is 0.639. The lowest BCUT2D eigenvalue weighted by molar-refractivity contribution is 0.0109. The van der Waals surface area contributed by atoms with Crippen LogP contribution in [-0.2, 0) is 4.74 Å². The van der Waals surface area contributed by atoms with Gasteiger partial charge >= 0.3 is 5.97 Å². The summed E-state index contributed by atoms with van der Waals surface area (Å²) in [7, 11) is 0. The molecule has 0 aromatic heterocycles. The van der Waals surface area contributed by atoms with Crippen LogP contribution in [0.2, 0.25) is 0 Å². The minimum absolute atomic E-state index is 0.0905. The highest BCUT2D eigenvalue weighted by molar-refractivity contribution is 5.89. The fraction of sp³-hybridized carbons (Fsp3) is 0.781. The molecule has 0 spiro atoms. The summed E-state index contributed by atoms with van der Waals surface area (Å²) < 4.78 is 11.7. The molecule has 0 radical (unpaired) electrons. The first kappa shape index (κ1) is 28.1. The summed E-state index contributed by atoms with van der Waals surface area (Å²) in [6, 6.07) is 7.51. The van der Waals surface area contributed by atoms with Crippen molar-refractivity contribution < 1.29 is 14.3 Å². The lowest BCUT2D eigenvalue weighted by Crippen LogP contribution is -2.29. The molecule has 0 unspecified atom stereocenters. The van der Waals surface area contributed by atoms with Gasteiger partial charge < -0.3 is 9.47 Å². The summed E-state index contributed by atoms with van der Waals surface area (Å²) in [6.45, 7) is 5.29. The first-order chi connectivity index (χ1) is 17.2. The van der Waals surface area contributed by atoms with Gasteiger partial charge in [-0.1, -0.05) is 84.5 Å². The SMILES string of the molecule is CCCCCCCCOc1ccc(C(=O)O[C@H]2CC[C@H]([C@H]3CC[C@H](CCCCC)CC3)CC2)cc1. The van der Waals surface area contributed by atoms with E-state index in [4.69, 9.17) is 9.47 Å². The van der Waals surface area contributed by atoms with E-state index < -0.39 is 0 Å². The first-order valence-corrected chi connectivity index (χ1v) is 15.1. The fourth-order valence-electron chi connectivity index (χ4n) is 6.29. The van der Waals surface area contributed by atoms with Gasteiger partial charge in [0.05, 0.1) is 12.2 Å². The molecule has 35 heavy (non-hydrogen) atoms. The smallest absolute Gasteiger partial charge is 0.338 e. The van der Waals surface area contributed by atoms with E-state index in [1.54, 1.807) is 0 Å². The number of ether oxygens (including phenoxy) is 2. The molecule has 2 aliphatic carbocycles. The molecule has 3 rings (SSSR count). The highest BCUT2D eigenvalue weighted by Gasteiger charge is 2.32. The Morgan fingerprint density at radius 1 is 0.714 bits per heavy atom. The Kier molecular flexibility index (Phi) is 13.1. The molecule has 0 aliphatic heterocycles. The number of esters is 1. The molecular weight excluding hydrogens is 432 g/mol. The summed E-state index contributed by atoms with van der Waals surface area (Å²) in [5, 5.41) is 0. The molecule has 2 fully saturated rings. The Labute approximate surface area is 215 Å². The van der Waals surface area contributed by atoms with Crippen molar-refractivity contribution in [2.45, 2.75) is 136 Å². The van der Waals surface area contributed by atoms with Crippen LogP contribution in [0, 0.1) is 17.8 Å². The number of carbonyl (C=O) groups excluding carboxylic acids is 1. The first-order valence-electron chi connectivity index (χ1n) is 15.1. The molecule has 198 valence electrons. The Hall–Kier alpha value is -1.51. The Morgan fingerprint density at radius 2 is 1.29 bits per heavy atom. The van der Waals surface area contributed by atoms with Crippen LogP contribution < -0.4 is 4.74 Å². The monoisotopic (exact) mass is 484 g/mol. The van der Waals surface area contributed by atoms with Crippen LogP contribution >= 0.6 is 0 Å². The third kappa shape index (κ3) is 10.2. The fourth-order valence-corrected chi connectivity index (χ4v) is 6.29. The minimum Gasteiger partial charge on any atom is -0.494 e. The lowest BCUT2D eigenvalue weighted by Gasteiger charge is -2.37. The molecule has 1 aromatic carbocycles. The zero-order valence-corrected chi connectivity index (χ0v) is 22.8. The van der Waals surface area contributed by atoms with Crippen LogP contribution in [-0.4, -0.2) is 18.7 Å². The molecule has 3 nitrogen and oxygen atoms in total. The maximum Gasteiger partial charge on any atom is 0.338 e. The van der Waals surface area contributed by atoms with E-state index in [2.05, 4.69) is 13.8 Å². The standard InChI is InChI=1S/C32H52O3/c1-3-5-7-8-9-11-25-34-30-21-19-29(20-22-30)32(33)35-31-23-17-28(18-24-31)27-15-13-26(14-16-27)12-10-6-4-2/h19-22,26-28,31H,3-18,23-25H2,1-2H3/t26-,27-,28-,31-. The zero-order chi connectivity index (χ0) is 24.7. The Bertz CT molecular complexity index is 681. The Morgan fingerprint density at radius 3 is 1.94 bits per heavy atom. The zero-order valence-electron chi connectivity index (χ0n) is 22.8. The van der Waals surface area contributed by atoms with E-state index in [1.165, 1.54) is 96.3 Å². The van der Waals surface area contributed by atoms with Crippen molar-refractivity contribution in [1.29, 1.82) is 0 Å². The molecule has 0 atom stereocenters. The van der Waals surface area contributed by atoms with Crippen molar-refractivity contribution in [2.24, 2.45) is 17.8 Å². The van der Waals surface area contributed by atoms with Crippen LogP contribution in [0.1, 0.15) is 140 Å². The second kappa shape index (κ2) is 16.3. The largest absolute Gasteiger partial charge is 0.494 e. The van der Waals surface area contributed by atoms with Gasteiger partial charge in [0.15, 0.2) is 0 Å². The topological polar surface area (TPSA) is 35.5 Å². The van der Waals surface area contributed by atoms with Gasteiger partial charge in [-0.2, -0.15) is 0 Å². The van der Waals surface area contributed by atoms with Gasteiger partial charge in [0.1, 0.15) is 11.9 Å². The van der Waals surface area contributed by atoms with Gasteiger partial charge in [0, 0.05) is 0 Å². The van der Waals surface area contributed by atoms with Crippen LogP contribution in [0.25, 0.3) is 0 Å². The number of carbonyl (C=O) groups is 1. The molecular formula is C32H52O3. The quantitative estimate of drug-likeness (QED) is 0.184. The molecule has 0 N–H and O–H groups in total. The molecule has 3 heteroatoms. The Balaban J connectivity index is 1.29. The van der Waals surface area contributed by atoms with Gasteiger partial charge in [-0.25, -0.2) is 4.79 Å². The summed E-state index contributed by atoms with van der Waals surface area (Å²) in [5.74, 6) is 3.42. The maximum absolute atomic E-state index is 12.7. The van der Waals surface area contributed by atoms with Gasteiger partial charge in [-0.05, 0) is 87.0 Å². The number of rotatable bonds is 15. The molecule has 2 aliphatic rings. The molecule has 1 aromatic rings. The second-order valence-electron chi connectivity index (χ2n) is 11.4. The van der Waals surface area contributed by atoms with Crippen LogP contribution in [0.5, 0.6) is 5.75 Å². The molecule has 0 bridgehead atoms. The van der Waals surface area contributed by atoms with Gasteiger partial charge in [0.25, 0.3) is 0 Å².